The summed E-state index contributed by atoms with van der Waals surface area (Å²) in [6, 6.07) is 10.5. The first-order valence-electron chi connectivity index (χ1n) is 5.15. The number of hydrogen-bond acceptors (Lipinski definition) is 2. The number of halogens is 2. The van der Waals surface area contributed by atoms with E-state index in [0.29, 0.717) is 12.1 Å². The second kappa shape index (κ2) is 5.34. The summed E-state index contributed by atoms with van der Waals surface area (Å²) in [5, 5.41) is 0. The third kappa shape index (κ3) is 3.21. The van der Waals surface area contributed by atoms with Gasteiger partial charge >= 0.3 is 6.61 Å². The Balaban J connectivity index is 2.04. The Bertz CT molecular complexity index is 457. The summed E-state index contributed by atoms with van der Waals surface area (Å²) in [5.74, 6) is 0.196. The predicted molar refractivity (Wildman–Crippen MR) is 60.6 cm³/mol. The Morgan fingerprint density at radius 1 is 1.12 bits per heavy atom. The lowest BCUT2D eigenvalue weighted by molar-refractivity contribution is -0.0504. The fourth-order valence-electron chi connectivity index (χ4n) is 1.48. The fourth-order valence-corrected chi connectivity index (χ4v) is 1.48. The van der Waals surface area contributed by atoms with Crippen molar-refractivity contribution in [3.63, 3.8) is 0 Å². The minimum atomic E-state index is -2.80. The molecule has 17 heavy (non-hydrogen) atoms. The second-order valence-corrected chi connectivity index (χ2v) is 3.41. The molecule has 2 aromatic rings. The van der Waals surface area contributed by atoms with Gasteiger partial charge in [-0.1, -0.05) is 18.2 Å². The highest BCUT2D eigenvalue weighted by Crippen LogP contribution is 2.20. The highest BCUT2D eigenvalue weighted by Gasteiger charge is 2.08. The average molecular weight is 238 g/mol. The van der Waals surface area contributed by atoms with Crippen LogP contribution in [0.3, 0.4) is 0 Å². The van der Waals surface area contributed by atoms with Crippen molar-refractivity contribution in [2.75, 3.05) is 5.43 Å². The summed E-state index contributed by atoms with van der Waals surface area (Å²) in [4.78, 5) is 0. The molecule has 90 valence electrons. The molecule has 2 rings (SSSR count). The van der Waals surface area contributed by atoms with Crippen molar-refractivity contribution < 1.29 is 13.5 Å². The van der Waals surface area contributed by atoms with Crippen LogP contribution in [-0.2, 0) is 6.54 Å². The molecule has 0 unspecified atom stereocenters. The van der Waals surface area contributed by atoms with E-state index in [2.05, 4.69) is 10.2 Å². The summed E-state index contributed by atoms with van der Waals surface area (Å²) < 4.78 is 30.5. The monoisotopic (exact) mass is 238 g/mol. The normalized spacial score (nSPS) is 10.5. The molecule has 0 aliphatic carbocycles. The van der Waals surface area contributed by atoms with Crippen molar-refractivity contribution >= 4 is 0 Å². The van der Waals surface area contributed by atoms with Crippen molar-refractivity contribution in [3.8, 4) is 5.75 Å². The lowest BCUT2D eigenvalue weighted by Gasteiger charge is -2.12. The summed E-state index contributed by atoms with van der Waals surface area (Å²) in [5.41, 5.74) is 3.73. The van der Waals surface area contributed by atoms with Gasteiger partial charge in [0.2, 0.25) is 0 Å². The van der Waals surface area contributed by atoms with Crippen molar-refractivity contribution in [1.29, 1.82) is 0 Å². The molecule has 0 fully saturated rings. The first-order valence-corrected chi connectivity index (χ1v) is 5.15. The van der Waals surface area contributed by atoms with E-state index in [1.54, 1.807) is 22.9 Å². The molecule has 0 amide bonds. The molecule has 0 bridgehead atoms. The minimum absolute atomic E-state index is 0.196. The maximum Gasteiger partial charge on any atom is 0.387 e. The zero-order valence-electron chi connectivity index (χ0n) is 9.01. The molecule has 0 radical (unpaired) electrons. The number of nitrogens with zero attached hydrogens (tertiary/aromatic N) is 1. The molecular weight excluding hydrogens is 226 g/mol. The van der Waals surface area contributed by atoms with Gasteiger partial charge in [0.1, 0.15) is 5.75 Å². The van der Waals surface area contributed by atoms with Crippen molar-refractivity contribution in [1.82, 2.24) is 4.68 Å². The van der Waals surface area contributed by atoms with Gasteiger partial charge in [-0.2, -0.15) is 8.78 Å². The highest BCUT2D eigenvalue weighted by molar-refractivity contribution is 5.33. The molecule has 0 aliphatic heterocycles. The van der Waals surface area contributed by atoms with E-state index in [0.717, 1.165) is 0 Å². The van der Waals surface area contributed by atoms with E-state index < -0.39 is 6.61 Å². The van der Waals surface area contributed by atoms with Crippen LogP contribution in [0.25, 0.3) is 0 Å². The summed E-state index contributed by atoms with van der Waals surface area (Å²) in [6.07, 6.45) is 3.66. The number of nitrogens with one attached hydrogen (secondary N) is 1. The van der Waals surface area contributed by atoms with Crippen LogP contribution in [0, 0.1) is 0 Å². The molecule has 0 spiro atoms. The molecule has 3 nitrogen and oxygen atoms in total. The number of rotatable bonds is 5. The van der Waals surface area contributed by atoms with Crippen molar-refractivity contribution in [2.24, 2.45) is 0 Å². The Morgan fingerprint density at radius 2 is 1.82 bits per heavy atom. The molecular formula is C12H12F2N2O. The lowest BCUT2D eigenvalue weighted by atomic mass is 10.2. The van der Waals surface area contributed by atoms with Gasteiger partial charge in [0.15, 0.2) is 0 Å². The third-order valence-electron chi connectivity index (χ3n) is 2.25. The smallest absolute Gasteiger partial charge is 0.387 e. The number of benzene rings is 1. The van der Waals surface area contributed by atoms with Gasteiger partial charge in [-0.25, -0.2) is 0 Å². The van der Waals surface area contributed by atoms with E-state index in [-0.39, 0.29) is 5.75 Å². The molecule has 1 heterocycles. The van der Waals surface area contributed by atoms with Crippen LogP contribution in [0.1, 0.15) is 5.56 Å². The van der Waals surface area contributed by atoms with Gasteiger partial charge in [0.25, 0.3) is 0 Å². The number of aromatic nitrogens is 1. The van der Waals surface area contributed by atoms with Crippen LogP contribution in [0.4, 0.5) is 8.78 Å². The van der Waals surface area contributed by atoms with E-state index in [4.69, 9.17) is 0 Å². The van der Waals surface area contributed by atoms with Crippen LogP contribution in [0.15, 0.2) is 48.8 Å². The topological polar surface area (TPSA) is 26.2 Å². The van der Waals surface area contributed by atoms with Gasteiger partial charge in [0.05, 0.1) is 6.54 Å². The largest absolute Gasteiger partial charge is 0.434 e. The first-order chi connectivity index (χ1) is 8.25. The van der Waals surface area contributed by atoms with Crippen LogP contribution in [-0.4, -0.2) is 11.3 Å². The summed E-state index contributed by atoms with van der Waals surface area (Å²) in [6.45, 7) is -2.39. The van der Waals surface area contributed by atoms with E-state index in [1.165, 1.54) is 6.07 Å². The molecule has 5 heteroatoms. The fraction of sp³-hybridized carbons (Fsp3) is 0.167. The number of para-hydroxylation sites is 1. The molecule has 0 aliphatic rings. The first kappa shape index (κ1) is 11.4. The number of ether oxygens (including phenoxy) is 1. The van der Waals surface area contributed by atoms with Gasteiger partial charge < -0.3 is 10.2 Å². The Kier molecular flexibility index (Phi) is 3.59. The quantitative estimate of drug-likeness (QED) is 0.866. The van der Waals surface area contributed by atoms with Gasteiger partial charge in [0, 0.05) is 18.0 Å². The SMILES string of the molecule is FC(F)Oc1ccccc1CNn1cccc1. The third-order valence-corrected chi connectivity index (χ3v) is 2.25. The Morgan fingerprint density at radius 3 is 2.53 bits per heavy atom. The van der Waals surface area contributed by atoms with E-state index in [9.17, 15) is 8.78 Å². The van der Waals surface area contributed by atoms with Gasteiger partial charge in [-0.15, -0.1) is 0 Å². The molecule has 1 N–H and O–H groups in total. The van der Waals surface area contributed by atoms with Crippen LogP contribution in [0.2, 0.25) is 0 Å². The standard InChI is InChI=1S/C12H12F2N2O/c13-12(14)17-11-6-2-1-5-10(11)9-15-16-7-3-4-8-16/h1-8,12,15H,9H2. The van der Waals surface area contributed by atoms with Crippen LogP contribution in [0.5, 0.6) is 5.75 Å². The second-order valence-electron chi connectivity index (χ2n) is 3.41. The van der Waals surface area contributed by atoms with Crippen LogP contribution < -0.4 is 10.2 Å². The maximum absolute atomic E-state index is 12.2. The zero-order valence-corrected chi connectivity index (χ0v) is 9.01. The number of hydrogen-bond donors (Lipinski definition) is 1. The zero-order chi connectivity index (χ0) is 12.1. The Labute approximate surface area is 97.6 Å². The minimum Gasteiger partial charge on any atom is -0.434 e. The van der Waals surface area contributed by atoms with E-state index in [1.807, 2.05) is 24.5 Å². The molecule has 0 atom stereocenters. The van der Waals surface area contributed by atoms with Crippen LogP contribution >= 0.6 is 0 Å². The molecule has 1 aromatic heterocycles. The Hall–Kier alpha value is -2.04. The predicted octanol–water partition coefficient (Wildman–Crippen LogP) is 2.83. The van der Waals surface area contributed by atoms with Gasteiger partial charge in [-0.05, 0) is 18.2 Å². The summed E-state index contributed by atoms with van der Waals surface area (Å²) >= 11 is 0. The highest BCUT2D eigenvalue weighted by atomic mass is 19.3. The lowest BCUT2D eigenvalue weighted by Crippen LogP contribution is -2.13. The maximum atomic E-state index is 12.2. The average Bonchev–Trinajstić information content (AvgIpc) is 2.80. The van der Waals surface area contributed by atoms with E-state index >= 15 is 0 Å². The van der Waals surface area contributed by atoms with Gasteiger partial charge in [-0.3, -0.25) is 4.68 Å². The van der Waals surface area contributed by atoms with Crippen molar-refractivity contribution in [2.45, 2.75) is 13.2 Å². The molecule has 0 saturated heterocycles. The van der Waals surface area contributed by atoms with Crippen molar-refractivity contribution in [3.05, 3.63) is 54.4 Å². The molecule has 0 saturated carbocycles. The molecule has 1 aromatic carbocycles. The number of alkyl halides is 2. The summed E-state index contributed by atoms with van der Waals surface area (Å²) in [7, 11) is 0.